The summed E-state index contributed by atoms with van der Waals surface area (Å²) in [5.41, 5.74) is 8.06. The van der Waals surface area contributed by atoms with Gasteiger partial charge in [0.05, 0.1) is 47.0 Å². The Labute approximate surface area is 188 Å². The largest absolute Gasteiger partial charge is 0.365 e. The van der Waals surface area contributed by atoms with Gasteiger partial charge in [-0.3, -0.25) is 9.48 Å². The van der Waals surface area contributed by atoms with E-state index in [1.165, 1.54) is 18.2 Å². The summed E-state index contributed by atoms with van der Waals surface area (Å²) in [6.45, 7) is 2.30. The van der Waals surface area contributed by atoms with Gasteiger partial charge in [0.25, 0.3) is 5.91 Å². The van der Waals surface area contributed by atoms with Crippen molar-refractivity contribution in [3.63, 3.8) is 0 Å². The summed E-state index contributed by atoms with van der Waals surface area (Å²) in [7, 11) is 0. The third kappa shape index (κ3) is 3.88. The van der Waals surface area contributed by atoms with Gasteiger partial charge in [0.2, 0.25) is 0 Å². The SMILES string of the molecule is CC1Cn2nc(-c3ccc(F)c(Cl)c3)c(C(N)=O)c2CN1C(=O)Nc1ccc(C#N)cc1. The first-order valence-electron chi connectivity index (χ1n) is 9.71. The minimum atomic E-state index is -0.705. The second kappa shape index (κ2) is 8.32. The molecule has 0 bridgehead atoms. The molecule has 3 aromatic rings. The van der Waals surface area contributed by atoms with Crippen LogP contribution in [-0.2, 0) is 13.1 Å². The van der Waals surface area contributed by atoms with Crippen LogP contribution >= 0.6 is 11.6 Å². The molecule has 0 spiro atoms. The minimum Gasteiger partial charge on any atom is -0.365 e. The fourth-order valence-electron chi connectivity index (χ4n) is 3.67. The number of anilines is 1. The summed E-state index contributed by atoms with van der Waals surface area (Å²) in [6.07, 6.45) is 0. The Kier molecular flexibility index (Phi) is 5.55. The zero-order valence-electron chi connectivity index (χ0n) is 17.0. The van der Waals surface area contributed by atoms with Gasteiger partial charge in [-0.1, -0.05) is 11.6 Å². The highest BCUT2D eigenvalue weighted by molar-refractivity contribution is 6.31. The van der Waals surface area contributed by atoms with E-state index >= 15 is 0 Å². The molecule has 0 saturated carbocycles. The molecule has 4 rings (SSSR count). The maximum Gasteiger partial charge on any atom is 0.322 e. The molecule has 1 aliphatic rings. The third-order valence-electron chi connectivity index (χ3n) is 5.31. The molecule has 2 heterocycles. The molecule has 1 aromatic heterocycles. The van der Waals surface area contributed by atoms with Crippen molar-refractivity contribution in [1.82, 2.24) is 14.7 Å². The van der Waals surface area contributed by atoms with E-state index in [9.17, 15) is 14.0 Å². The molecule has 0 radical (unpaired) electrons. The van der Waals surface area contributed by atoms with Crippen LogP contribution < -0.4 is 11.1 Å². The Balaban J connectivity index is 1.66. The number of fused-ring (bicyclic) bond motifs is 1. The number of nitrogens with zero attached hydrogens (tertiary/aromatic N) is 4. The number of hydrogen-bond donors (Lipinski definition) is 2. The maximum atomic E-state index is 13.6. The number of rotatable bonds is 3. The second-order valence-electron chi connectivity index (χ2n) is 7.44. The Morgan fingerprint density at radius 1 is 1.28 bits per heavy atom. The number of nitrogens with one attached hydrogen (secondary N) is 1. The third-order valence-corrected chi connectivity index (χ3v) is 5.60. The van der Waals surface area contributed by atoms with Crippen LogP contribution in [0.15, 0.2) is 42.5 Å². The van der Waals surface area contributed by atoms with Crippen LogP contribution in [0.1, 0.15) is 28.5 Å². The maximum absolute atomic E-state index is 13.6. The van der Waals surface area contributed by atoms with E-state index in [0.29, 0.717) is 29.1 Å². The van der Waals surface area contributed by atoms with E-state index in [4.69, 9.17) is 22.6 Å². The van der Waals surface area contributed by atoms with Gasteiger partial charge in [-0.05, 0) is 49.4 Å². The molecule has 0 saturated heterocycles. The summed E-state index contributed by atoms with van der Waals surface area (Å²) in [5, 5.41) is 16.1. The van der Waals surface area contributed by atoms with E-state index in [2.05, 4.69) is 10.4 Å². The molecular weight excluding hydrogens is 435 g/mol. The monoisotopic (exact) mass is 452 g/mol. The van der Waals surface area contributed by atoms with Crippen molar-refractivity contribution in [1.29, 1.82) is 5.26 Å². The number of carbonyl (C=O) groups excluding carboxylic acids is 2. The number of primary amides is 1. The molecule has 0 fully saturated rings. The molecule has 2 aromatic carbocycles. The van der Waals surface area contributed by atoms with Gasteiger partial charge in [0.1, 0.15) is 11.5 Å². The standard InChI is InChI=1S/C22H18ClFN6O2/c1-12-10-30-18(11-29(12)22(32)27-15-5-2-13(9-25)3-6-15)19(21(26)31)20(28-30)14-4-7-17(24)16(23)8-14/h2-8,12H,10-11H2,1H3,(H2,26,31)(H,27,32). The van der Waals surface area contributed by atoms with E-state index in [-0.39, 0.29) is 34.9 Å². The van der Waals surface area contributed by atoms with Crippen LogP contribution in [0.4, 0.5) is 14.9 Å². The van der Waals surface area contributed by atoms with Gasteiger partial charge < -0.3 is 16.0 Å². The van der Waals surface area contributed by atoms with Crippen molar-refractivity contribution >= 4 is 29.2 Å². The van der Waals surface area contributed by atoms with E-state index in [1.54, 1.807) is 33.8 Å². The lowest BCUT2D eigenvalue weighted by atomic mass is 10.0. The molecule has 162 valence electrons. The van der Waals surface area contributed by atoms with Gasteiger partial charge in [-0.2, -0.15) is 10.4 Å². The highest BCUT2D eigenvalue weighted by Gasteiger charge is 2.33. The number of carbonyl (C=O) groups is 2. The highest BCUT2D eigenvalue weighted by atomic mass is 35.5. The predicted octanol–water partition coefficient (Wildman–Crippen LogP) is 3.75. The number of aromatic nitrogens is 2. The number of amides is 3. The van der Waals surface area contributed by atoms with E-state index in [0.717, 1.165) is 0 Å². The second-order valence-corrected chi connectivity index (χ2v) is 7.85. The Bertz CT molecular complexity index is 1260. The quantitative estimate of drug-likeness (QED) is 0.629. The zero-order chi connectivity index (χ0) is 23.0. The summed E-state index contributed by atoms with van der Waals surface area (Å²) in [4.78, 5) is 26.8. The fraction of sp³-hybridized carbons (Fsp3) is 0.182. The lowest BCUT2D eigenvalue weighted by Gasteiger charge is -2.34. The van der Waals surface area contributed by atoms with Crippen LogP contribution in [0, 0.1) is 17.1 Å². The molecular formula is C22H18ClFN6O2. The first-order chi connectivity index (χ1) is 15.3. The minimum absolute atomic E-state index is 0.0966. The molecule has 10 heteroatoms. The molecule has 3 amide bonds. The molecule has 32 heavy (non-hydrogen) atoms. The number of nitriles is 1. The summed E-state index contributed by atoms with van der Waals surface area (Å²) in [5.74, 6) is -1.29. The van der Waals surface area contributed by atoms with Crippen molar-refractivity contribution < 1.29 is 14.0 Å². The zero-order valence-corrected chi connectivity index (χ0v) is 17.7. The Morgan fingerprint density at radius 3 is 2.62 bits per heavy atom. The number of halogens is 2. The highest BCUT2D eigenvalue weighted by Crippen LogP contribution is 2.32. The Hall–Kier alpha value is -3.90. The lowest BCUT2D eigenvalue weighted by Crippen LogP contribution is -2.47. The van der Waals surface area contributed by atoms with Crippen molar-refractivity contribution in [3.8, 4) is 17.3 Å². The molecule has 1 aliphatic heterocycles. The first kappa shape index (κ1) is 21.3. The van der Waals surface area contributed by atoms with Gasteiger partial charge in [0, 0.05) is 11.3 Å². The van der Waals surface area contributed by atoms with Crippen molar-refractivity contribution in [2.75, 3.05) is 5.32 Å². The molecule has 1 unspecified atom stereocenters. The predicted molar refractivity (Wildman–Crippen MR) is 116 cm³/mol. The molecule has 8 nitrogen and oxygen atoms in total. The number of hydrogen-bond acceptors (Lipinski definition) is 4. The Morgan fingerprint density at radius 2 is 2.00 bits per heavy atom. The van der Waals surface area contributed by atoms with Gasteiger partial charge in [-0.25, -0.2) is 9.18 Å². The molecule has 0 aliphatic carbocycles. The number of benzene rings is 2. The lowest BCUT2D eigenvalue weighted by molar-refractivity contribution is 0.0995. The van der Waals surface area contributed by atoms with E-state index < -0.39 is 11.7 Å². The molecule has 3 N–H and O–H groups in total. The van der Waals surface area contributed by atoms with Crippen LogP contribution in [0.25, 0.3) is 11.3 Å². The van der Waals surface area contributed by atoms with Crippen LogP contribution in [0.5, 0.6) is 0 Å². The van der Waals surface area contributed by atoms with Crippen LogP contribution in [0.2, 0.25) is 5.02 Å². The van der Waals surface area contributed by atoms with Gasteiger partial charge >= 0.3 is 6.03 Å². The van der Waals surface area contributed by atoms with Crippen molar-refractivity contribution in [3.05, 3.63) is 70.1 Å². The van der Waals surface area contributed by atoms with E-state index in [1.807, 2.05) is 13.0 Å². The average molecular weight is 453 g/mol. The number of urea groups is 1. The fourth-order valence-corrected chi connectivity index (χ4v) is 3.85. The van der Waals surface area contributed by atoms with Crippen LogP contribution in [-0.4, -0.2) is 32.7 Å². The average Bonchev–Trinajstić information content (AvgIpc) is 3.14. The van der Waals surface area contributed by atoms with Crippen LogP contribution in [0.3, 0.4) is 0 Å². The van der Waals surface area contributed by atoms with Crippen molar-refractivity contribution in [2.24, 2.45) is 5.73 Å². The summed E-state index contributed by atoms with van der Waals surface area (Å²) < 4.78 is 15.2. The summed E-state index contributed by atoms with van der Waals surface area (Å²) >= 11 is 5.90. The first-order valence-corrected chi connectivity index (χ1v) is 10.1. The van der Waals surface area contributed by atoms with Gasteiger partial charge in [-0.15, -0.1) is 0 Å². The van der Waals surface area contributed by atoms with Crippen molar-refractivity contribution in [2.45, 2.75) is 26.1 Å². The smallest absolute Gasteiger partial charge is 0.322 e. The van der Waals surface area contributed by atoms with Gasteiger partial charge in [0.15, 0.2) is 0 Å². The topological polar surface area (TPSA) is 117 Å². The molecule has 1 atom stereocenters. The normalized spacial score (nSPS) is 15.1. The summed E-state index contributed by atoms with van der Waals surface area (Å²) in [6, 6.07) is 12.0. The number of nitrogens with two attached hydrogens (primary N) is 1.